The fraction of sp³-hybridized carbons (Fsp3) is 0.235. The van der Waals surface area contributed by atoms with Gasteiger partial charge in [-0.1, -0.05) is 54.9 Å². The average molecular weight is 289 g/mol. The molecule has 0 spiro atoms. The second-order valence-corrected chi connectivity index (χ2v) is 5.27. The minimum Gasteiger partial charge on any atom is -0.481 e. The van der Waals surface area contributed by atoms with Crippen LogP contribution in [0.2, 0.25) is 5.02 Å². The van der Waals surface area contributed by atoms with E-state index < -0.39 is 5.97 Å². The number of hydrogen-bond acceptors (Lipinski definition) is 1. The molecule has 0 saturated heterocycles. The minimum atomic E-state index is -0.751. The first-order chi connectivity index (χ1) is 9.60. The summed E-state index contributed by atoms with van der Waals surface area (Å²) in [4.78, 5) is 10.8. The van der Waals surface area contributed by atoms with Gasteiger partial charge in [0.2, 0.25) is 0 Å². The lowest BCUT2D eigenvalue weighted by Gasteiger charge is -2.13. The van der Waals surface area contributed by atoms with Crippen LogP contribution in [0.4, 0.5) is 0 Å². The van der Waals surface area contributed by atoms with Crippen LogP contribution in [-0.4, -0.2) is 11.1 Å². The van der Waals surface area contributed by atoms with E-state index in [9.17, 15) is 4.79 Å². The van der Waals surface area contributed by atoms with E-state index in [1.807, 2.05) is 55.5 Å². The van der Waals surface area contributed by atoms with E-state index in [2.05, 4.69) is 0 Å². The van der Waals surface area contributed by atoms with E-state index in [1.165, 1.54) is 0 Å². The van der Waals surface area contributed by atoms with E-state index >= 15 is 0 Å². The second-order valence-electron chi connectivity index (χ2n) is 4.83. The van der Waals surface area contributed by atoms with Crippen molar-refractivity contribution >= 4 is 17.6 Å². The van der Waals surface area contributed by atoms with Gasteiger partial charge in [-0.3, -0.25) is 4.79 Å². The Bertz CT molecular complexity index is 573. The molecule has 2 rings (SSSR count). The van der Waals surface area contributed by atoms with Gasteiger partial charge < -0.3 is 5.11 Å². The highest BCUT2D eigenvalue weighted by molar-refractivity contribution is 6.30. The molecule has 3 heteroatoms. The van der Waals surface area contributed by atoms with Crippen molar-refractivity contribution in [1.29, 1.82) is 0 Å². The molecule has 0 fully saturated rings. The molecule has 1 unspecified atom stereocenters. The van der Waals surface area contributed by atoms with Gasteiger partial charge in [0.25, 0.3) is 0 Å². The fourth-order valence-corrected chi connectivity index (χ4v) is 2.42. The normalized spacial score (nSPS) is 12.1. The molecule has 0 aliphatic heterocycles. The van der Waals surface area contributed by atoms with E-state index in [0.717, 1.165) is 28.1 Å². The zero-order chi connectivity index (χ0) is 14.5. The van der Waals surface area contributed by atoms with Crippen molar-refractivity contribution in [3.8, 4) is 11.1 Å². The Kier molecular flexibility index (Phi) is 4.80. The molecular formula is C17H17ClO2. The summed E-state index contributed by atoms with van der Waals surface area (Å²) in [5, 5.41) is 9.64. The van der Waals surface area contributed by atoms with Gasteiger partial charge in [0.1, 0.15) is 0 Å². The summed E-state index contributed by atoms with van der Waals surface area (Å²) in [7, 11) is 0. The van der Waals surface area contributed by atoms with Crippen molar-refractivity contribution in [3.05, 3.63) is 59.1 Å². The van der Waals surface area contributed by atoms with E-state index in [1.54, 1.807) is 0 Å². The molecule has 0 amide bonds. The minimum absolute atomic E-state index is 0.0757. The van der Waals surface area contributed by atoms with Crippen LogP contribution in [0.3, 0.4) is 0 Å². The van der Waals surface area contributed by atoms with Crippen molar-refractivity contribution in [1.82, 2.24) is 0 Å². The highest BCUT2D eigenvalue weighted by Gasteiger charge is 2.13. The van der Waals surface area contributed by atoms with Gasteiger partial charge in [0.05, 0.1) is 6.42 Å². The maximum absolute atomic E-state index is 10.8. The summed E-state index contributed by atoms with van der Waals surface area (Å²) in [6.45, 7) is 2.01. The van der Waals surface area contributed by atoms with Gasteiger partial charge >= 0.3 is 5.97 Å². The highest BCUT2D eigenvalue weighted by Crippen LogP contribution is 2.27. The molecule has 20 heavy (non-hydrogen) atoms. The molecule has 2 nitrogen and oxygen atoms in total. The number of benzene rings is 2. The molecule has 0 aliphatic carbocycles. The van der Waals surface area contributed by atoms with Crippen molar-refractivity contribution in [2.75, 3.05) is 0 Å². The Labute approximate surface area is 124 Å². The lowest BCUT2D eigenvalue weighted by molar-refractivity contribution is -0.137. The summed E-state index contributed by atoms with van der Waals surface area (Å²) in [5.41, 5.74) is 3.29. The Morgan fingerprint density at radius 3 is 2.00 bits per heavy atom. The molecule has 2 aromatic carbocycles. The molecule has 1 atom stereocenters. The summed E-state index contributed by atoms with van der Waals surface area (Å²) < 4.78 is 0. The van der Waals surface area contributed by atoms with E-state index in [0.29, 0.717) is 0 Å². The van der Waals surface area contributed by atoms with Gasteiger partial charge in [-0.2, -0.15) is 0 Å². The Balaban J connectivity index is 2.20. The summed E-state index contributed by atoms with van der Waals surface area (Å²) in [6.07, 6.45) is 1.00. The quantitative estimate of drug-likeness (QED) is 0.843. The number of hydrogen-bond donors (Lipinski definition) is 1. The first-order valence-electron chi connectivity index (χ1n) is 6.68. The highest BCUT2D eigenvalue weighted by atomic mass is 35.5. The number of carboxylic acids is 1. The molecule has 0 radical (unpaired) electrons. The van der Waals surface area contributed by atoms with Crippen LogP contribution in [0.1, 0.15) is 31.2 Å². The molecule has 104 valence electrons. The zero-order valence-electron chi connectivity index (χ0n) is 11.3. The molecule has 0 saturated carbocycles. The smallest absolute Gasteiger partial charge is 0.303 e. The van der Waals surface area contributed by atoms with Crippen LogP contribution in [-0.2, 0) is 4.79 Å². The van der Waals surface area contributed by atoms with Crippen LogP contribution in [0.25, 0.3) is 11.1 Å². The van der Waals surface area contributed by atoms with Gasteiger partial charge in [-0.05, 0) is 41.2 Å². The van der Waals surface area contributed by atoms with Crippen LogP contribution in [0.5, 0.6) is 0 Å². The Morgan fingerprint density at radius 1 is 1.05 bits per heavy atom. The average Bonchev–Trinajstić information content (AvgIpc) is 2.46. The summed E-state index contributed by atoms with van der Waals surface area (Å²) >= 11 is 5.88. The first-order valence-corrected chi connectivity index (χ1v) is 7.05. The fourth-order valence-electron chi connectivity index (χ4n) is 2.30. The lowest BCUT2D eigenvalue weighted by Crippen LogP contribution is -2.05. The molecule has 0 heterocycles. The zero-order valence-corrected chi connectivity index (χ0v) is 12.1. The number of rotatable bonds is 5. The van der Waals surface area contributed by atoms with Gasteiger partial charge in [-0.15, -0.1) is 0 Å². The summed E-state index contributed by atoms with van der Waals surface area (Å²) in [5.74, 6) is -0.676. The topological polar surface area (TPSA) is 37.3 Å². The second kappa shape index (κ2) is 6.58. The number of halogens is 1. The molecule has 0 aliphatic rings. The predicted octanol–water partition coefficient (Wildman–Crippen LogP) is 4.98. The van der Waals surface area contributed by atoms with Crippen molar-refractivity contribution in [3.63, 3.8) is 0 Å². The number of aliphatic carboxylic acids is 1. The van der Waals surface area contributed by atoms with Crippen LogP contribution < -0.4 is 0 Å². The third kappa shape index (κ3) is 3.61. The van der Waals surface area contributed by atoms with Crippen LogP contribution in [0, 0.1) is 0 Å². The van der Waals surface area contributed by atoms with Crippen molar-refractivity contribution in [2.24, 2.45) is 0 Å². The van der Waals surface area contributed by atoms with Gasteiger partial charge in [0, 0.05) is 5.02 Å². The van der Waals surface area contributed by atoms with Gasteiger partial charge in [-0.25, -0.2) is 0 Å². The van der Waals surface area contributed by atoms with Gasteiger partial charge in [0.15, 0.2) is 0 Å². The van der Waals surface area contributed by atoms with E-state index in [-0.39, 0.29) is 12.3 Å². The predicted molar refractivity (Wildman–Crippen MR) is 82.2 cm³/mol. The van der Waals surface area contributed by atoms with Crippen molar-refractivity contribution in [2.45, 2.75) is 25.7 Å². The third-order valence-corrected chi connectivity index (χ3v) is 3.73. The van der Waals surface area contributed by atoms with Crippen molar-refractivity contribution < 1.29 is 9.90 Å². The van der Waals surface area contributed by atoms with Crippen LogP contribution >= 0.6 is 11.6 Å². The van der Waals surface area contributed by atoms with E-state index in [4.69, 9.17) is 16.7 Å². The third-order valence-electron chi connectivity index (χ3n) is 3.47. The Hall–Kier alpha value is -1.80. The number of carbonyl (C=O) groups is 1. The molecular weight excluding hydrogens is 272 g/mol. The molecule has 0 aromatic heterocycles. The summed E-state index contributed by atoms with van der Waals surface area (Å²) in [6, 6.07) is 15.8. The maximum Gasteiger partial charge on any atom is 0.303 e. The SMILES string of the molecule is CCC(CC(=O)O)c1ccc(-c2ccc(Cl)cc2)cc1. The Morgan fingerprint density at radius 2 is 1.55 bits per heavy atom. The molecule has 0 bridgehead atoms. The monoisotopic (exact) mass is 288 g/mol. The largest absolute Gasteiger partial charge is 0.481 e. The lowest BCUT2D eigenvalue weighted by atomic mass is 9.92. The maximum atomic E-state index is 10.8. The number of carboxylic acid groups (broad SMARTS) is 1. The molecule has 2 aromatic rings. The molecule has 1 N–H and O–H groups in total. The van der Waals surface area contributed by atoms with Crippen LogP contribution in [0.15, 0.2) is 48.5 Å². The standard InChI is InChI=1S/C17H17ClO2/c1-2-12(11-17(19)20)13-3-5-14(6-4-13)15-7-9-16(18)10-8-15/h3-10,12H,2,11H2,1H3,(H,19,20). The first kappa shape index (κ1) is 14.6.